The van der Waals surface area contributed by atoms with Gasteiger partial charge in [0.15, 0.2) is 5.82 Å². The van der Waals surface area contributed by atoms with E-state index in [1.165, 1.54) is 0 Å². The second-order valence-corrected chi connectivity index (χ2v) is 8.29. The summed E-state index contributed by atoms with van der Waals surface area (Å²) < 4.78 is 17.9. The van der Waals surface area contributed by atoms with Crippen molar-refractivity contribution < 1.29 is 14.2 Å². The van der Waals surface area contributed by atoms with Crippen molar-refractivity contribution in [3.63, 3.8) is 0 Å². The molecular formula is C22H28BrN5O3. The molecule has 0 bridgehead atoms. The molecule has 2 fully saturated rings. The first-order valence-electron chi connectivity index (χ1n) is 10.6. The number of pyridine rings is 1. The minimum Gasteiger partial charge on any atom is -0.476 e. The molecule has 1 aromatic heterocycles. The van der Waals surface area contributed by atoms with Gasteiger partial charge in [0.05, 0.1) is 32.6 Å². The molecule has 0 saturated carbocycles. The van der Waals surface area contributed by atoms with Crippen LogP contribution in [0.3, 0.4) is 0 Å². The van der Waals surface area contributed by atoms with Gasteiger partial charge in [-0.2, -0.15) is 10.1 Å². The van der Waals surface area contributed by atoms with E-state index in [1.54, 1.807) is 6.21 Å². The third-order valence-corrected chi connectivity index (χ3v) is 5.66. The Morgan fingerprint density at radius 3 is 2.61 bits per heavy atom. The zero-order chi connectivity index (χ0) is 21.3. The van der Waals surface area contributed by atoms with Crippen LogP contribution in [-0.2, 0) is 9.47 Å². The SMILES string of the molecule is Brc1cccc(C=NNc2cc(N3CCOCC3)cc(OCCN3CCOCC3)n2)c1. The van der Waals surface area contributed by atoms with Crippen LogP contribution < -0.4 is 15.1 Å². The lowest BCUT2D eigenvalue weighted by Gasteiger charge is -2.29. The topological polar surface area (TPSA) is 71.5 Å². The van der Waals surface area contributed by atoms with Gasteiger partial charge in [0.25, 0.3) is 0 Å². The van der Waals surface area contributed by atoms with Gasteiger partial charge in [-0.05, 0) is 17.7 Å². The number of nitrogens with one attached hydrogen (secondary N) is 1. The fourth-order valence-corrected chi connectivity index (χ4v) is 3.91. The molecule has 2 aliphatic rings. The Kier molecular flexibility index (Phi) is 8.11. The molecule has 1 aromatic carbocycles. The van der Waals surface area contributed by atoms with Crippen LogP contribution >= 0.6 is 15.9 Å². The van der Waals surface area contributed by atoms with Gasteiger partial charge in [0.2, 0.25) is 5.88 Å². The maximum Gasteiger partial charge on any atom is 0.217 e. The normalized spacial score (nSPS) is 17.8. The molecule has 0 unspecified atom stereocenters. The predicted octanol–water partition coefficient (Wildman–Crippen LogP) is 2.84. The second kappa shape index (κ2) is 11.4. The molecule has 2 saturated heterocycles. The number of aromatic nitrogens is 1. The molecule has 2 aliphatic heterocycles. The third kappa shape index (κ3) is 6.90. The summed E-state index contributed by atoms with van der Waals surface area (Å²) in [5.74, 6) is 1.24. The number of anilines is 2. The van der Waals surface area contributed by atoms with Crippen LogP contribution in [0.2, 0.25) is 0 Å². The van der Waals surface area contributed by atoms with Crippen molar-refractivity contribution in [2.24, 2.45) is 5.10 Å². The quantitative estimate of drug-likeness (QED) is 0.451. The first-order valence-corrected chi connectivity index (χ1v) is 11.4. The molecule has 0 spiro atoms. The van der Waals surface area contributed by atoms with Gasteiger partial charge in [0.1, 0.15) is 6.61 Å². The van der Waals surface area contributed by atoms with Crippen molar-refractivity contribution in [3.05, 3.63) is 46.4 Å². The summed E-state index contributed by atoms with van der Waals surface area (Å²) in [4.78, 5) is 9.23. The van der Waals surface area contributed by atoms with E-state index in [0.29, 0.717) is 18.3 Å². The van der Waals surface area contributed by atoms with Gasteiger partial charge in [0, 0.05) is 55.0 Å². The number of halogens is 1. The average Bonchev–Trinajstić information content (AvgIpc) is 2.80. The molecule has 4 rings (SSSR count). The number of hydrogen-bond acceptors (Lipinski definition) is 8. The Hall–Kier alpha value is -2.20. The fraction of sp³-hybridized carbons (Fsp3) is 0.455. The van der Waals surface area contributed by atoms with Gasteiger partial charge in [-0.25, -0.2) is 0 Å². The molecule has 9 heteroatoms. The molecular weight excluding hydrogens is 462 g/mol. The number of rotatable bonds is 8. The molecule has 1 N–H and O–H groups in total. The number of nitrogens with zero attached hydrogens (tertiary/aromatic N) is 4. The van der Waals surface area contributed by atoms with Crippen LogP contribution in [0.5, 0.6) is 5.88 Å². The standard InChI is InChI=1S/C22H28BrN5O3/c23-19-3-1-2-18(14-19)17-24-26-21-15-20(28-7-11-30-12-8-28)16-22(25-21)31-13-6-27-4-9-29-10-5-27/h1-3,14-17H,4-13H2,(H,25,26). The summed E-state index contributed by atoms with van der Waals surface area (Å²) in [6, 6.07) is 11.9. The van der Waals surface area contributed by atoms with E-state index >= 15 is 0 Å². The van der Waals surface area contributed by atoms with Crippen molar-refractivity contribution in [2.45, 2.75) is 0 Å². The van der Waals surface area contributed by atoms with E-state index in [-0.39, 0.29) is 0 Å². The van der Waals surface area contributed by atoms with Crippen LogP contribution in [-0.4, -0.2) is 81.9 Å². The highest BCUT2D eigenvalue weighted by atomic mass is 79.9. The first-order chi connectivity index (χ1) is 15.3. The average molecular weight is 490 g/mol. The molecule has 3 heterocycles. The molecule has 8 nitrogen and oxygen atoms in total. The van der Waals surface area contributed by atoms with E-state index < -0.39 is 0 Å². The van der Waals surface area contributed by atoms with Crippen molar-refractivity contribution >= 4 is 33.6 Å². The Morgan fingerprint density at radius 1 is 1.06 bits per heavy atom. The van der Waals surface area contributed by atoms with Crippen molar-refractivity contribution in [2.75, 3.05) is 76.1 Å². The van der Waals surface area contributed by atoms with Gasteiger partial charge in [-0.15, -0.1) is 0 Å². The smallest absolute Gasteiger partial charge is 0.217 e. The lowest BCUT2D eigenvalue weighted by molar-refractivity contribution is 0.0320. The number of morpholine rings is 2. The summed E-state index contributed by atoms with van der Waals surface area (Å²) in [6.07, 6.45) is 1.77. The number of hydrazone groups is 1. The van der Waals surface area contributed by atoms with E-state index in [4.69, 9.17) is 14.2 Å². The molecule has 0 aliphatic carbocycles. The lowest BCUT2D eigenvalue weighted by Crippen LogP contribution is -2.38. The Bertz CT molecular complexity index is 870. The van der Waals surface area contributed by atoms with Gasteiger partial charge >= 0.3 is 0 Å². The summed E-state index contributed by atoms with van der Waals surface area (Å²) in [5, 5.41) is 4.35. The molecule has 0 atom stereocenters. The van der Waals surface area contributed by atoms with Crippen LogP contribution in [0.15, 0.2) is 46.0 Å². The minimum atomic E-state index is 0.584. The van der Waals surface area contributed by atoms with E-state index in [0.717, 1.165) is 74.9 Å². The monoisotopic (exact) mass is 489 g/mol. The highest BCUT2D eigenvalue weighted by Crippen LogP contribution is 2.25. The van der Waals surface area contributed by atoms with Crippen molar-refractivity contribution in [3.8, 4) is 5.88 Å². The number of hydrogen-bond donors (Lipinski definition) is 1. The number of ether oxygens (including phenoxy) is 3. The van der Waals surface area contributed by atoms with Crippen LogP contribution in [0.4, 0.5) is 11.5 Å². The zero-order valence-electron chi connectivity index (χ0n) is 17.5. The lowest BCUT2D eigenvalue weighted by atomic mass is 10.2. The summed E-state index contributed by atoms with van der Waals surface area (Å²) >= 11 is 3.48. The van der Waals surface area contributed by atoms with Crippen molar-refractivity contribution in [1.82, 2.24) is 9.88 Å². The van der Waals surface area contributed by atoms with Crippen LogP contribution in [0.25, 0.3) is 0 Å². The molecule has 0 radical (unpaired) electrons. The largest absolute Gasteiger partial charge is 0.476 e. The molecule has 2 aromatic rings. The van der Waals surface area contributed by atoms with Gasteiger partial charge in [-0.3, -0.25) is 10.3 Å². The molecule has 166 valence electrons. The van der Waals surface area contributed by atoms with Gasteiger partial charge < -0.3 is 19.1 Å². The summed E-state index contributed by atoms with van der Waals surface area (Å²) in [7, 11) is 0. The van der Waals surface area contributed by atoms with Crippen LogP contribution in [0, 0.1) is 0 Å². The fourth-order valence-electron chi connectivity index (χ4n) is 3.49. The van der Waals surface area contributed by atoms with Gasteiger partial charge in [-0.1, -0.05) is 28.1 Å². The maximum atomic E-state index is 6.01. The Labute approximate surface area is 191 Å². The van der Waals surface area contributed by atoms with E-state index in [2.05, 4.69) is 41.2 Å². The maximum absolute atomic E-state index is 6.01. The highest BCUT2D eigenvalue weighted by Gasteiger charge is 2.15. The number of benzene rings is 1. The Morgan fingerprint density at radius 2 is 1.84 bits per heavy atom. The van der Waals surface area contributed by atoms with E-state index in [1.807, 2.05) is 36.4 Å². The van der Waals surface area contributed by atoms with Crippen molar-refractivity contribution in [1.29, 1.82) is 0 Å². The zero-order valence-corrected chi connectivity index (χ0v) is 19.1. The van der Waals surface area contributed by atoms with Crippen LogP contribution in [0.1, 0.15) is 5.56 Å². The summed E-state index contributed by atoms with van der Waals surface area (Å²) in [6.45, 7) is 8.04. The third-order valence-electron chi connectivity index (χ3n) is 5.17. The first kappa shape index (κ1) is 22.0. The highest BCUT2D eigenvalue weighted by molar-refractivity contribution is 9.10. The van der Waals surface area contributed by atoms with E-state index in [9.17, 15) is 0 Å². The molecule has 31 heavy (non-hydrogen) atoms. The minimum absolute atomic E-state index is 0.584. The Balaban J connectivity index is 1.43. The molecule has 0 amide bonds. The predicted molar refractivity (Wildman–Crippen MR) is 125 cm³/mol. The second-order valence-electron chi connectivity index (χ2n) is 7.38. The summed E-state index contributed by atoms with van der Waals surface area (Å²) in [5.41, 5.74) is 5.10.